The Kier molecular flexibility index (Phi) is 4.78. The first kappa shape index (κ1) is 11.9. The number of carbonyl (C=O) groups is 1. The molecule has 0 saturated heterocycles. The van der Waals surface area contributed by atoms with Crippen LogP contribution >= 0.6 is 15.9 Å². The van der Waals surface area contributed by atoms with Gasteiger partial charge in [0.1, 0.15) is 6.61 Å². The van der Waals surface area contributed by atoms with Gasteiger partial charge in [-0.25, -0.2) is 4.79 Å². The largest absolute Gasteiger partial charge is 0.467 e. The molecule has 0 radical (unpaired) electrons. The minimum Gasteiger partial charge on any atom is -0.467 e. The summed E-state index contributed by atoms with van der Waals surface area (Å²) in [6.07, 6.45) is 0. The van der Waals surface area contributed by atoms with Crippen LogP contribution in [0.2, 0.25) is 0 Å². The summed E-state index contributed by atoms with van der Waals surface area (Å²) in [7, 11) is 1.34. The van der Waals surface area contributed by atoms with Crippen molar-refractivity contribution in [3.63, 3.8) is 0 Å². The molecule has 0 aliphatic carbocycles. The number of hydrogen-bond acceptors (Lipinski definition) is 3. The van der Waals surface area contributed by atoms with Gasteiger partial charge < -0.3 is 9.47 Å². The molecule has 0 spiro atoms. The van der Waals surface area contributed by atoms with E-state index in [1.165, 1.54) is 7.11 Å². The Bertz CT molecular complexity index is 154. The molecular weight excluding hydrogens is 224 g/mol. The zero-order valence-electron chi connectivity index (χ0n) is 7.89. The molecule has 3 nitrogen and oxygen atoms in total. The highest BCUT2D eigenvalue weighted by atomic mass is 79.9. The summed E-state index contributed by atoms with van der Waals surface area (Å²) in [6.45, 7) is 5.79. The van der Waals surface area contributed by atoms with Gasteiger partial charge in [0.25, 0.3) is 0 Å². The summed E-state index contributed by atoms with van der Waals surface area (Å²) in [5, 5.41) is 0. The number of ether oxygens (including phenoxy) is 2. The van der Waals surface area contributed by atoms with E-state index in [4.69, 9.17) is 4.74 Å². The van der Waals surface area contributed by atoms with E-state index in [0.717, 1.165) is 0 Å². The maximum Gasteiger partial charge on any atom is 0.331 e. The van der Waals surface area contributed by atoms with Gasteiger partial charge in [-0.3, -0.25) is 0 Å². The minimum absolute atomic E-state index is 0.000556. The first-order valence-electron chi connectivity index (χ1n) is 3.75. The summed E-state index contributed by atoms with van der Waals surface area (Å²) in [5.41, 5.74) is -0.353. The molecule has 0 aromatic heterocycles. The Balaban J connectivity index is 3.83. The van der Waals surface area contributed by atoms with Crippen LogP contribution < -0.4 is 0 Å². The lowest BCUT2D eigenvalue weighted by Crippen LogP contribution is -2.35. The Morgan fingerprint density at radius 1 is 1.58 bits per heavy atom. The zero-order chi connectivity index (χ0) is 9.78. The average molecular weight is 239 g/mol. The zero-order valence-corrected chi connectivity index (χ0v) is 9.47. The highest BCUT2D eigenvalue weighted by molar-refractivity contribution is 9.09. The van der Waals surface area contributed by atoms with Crippen molar-refractivity contribution in [3.05, 3.63) is 0 Å². The maximum atomic E-state index is 10.7. The molecule has 1 atom stereocenters. The fourth-order valence-electron chi connectivity index (χ4n) is 0.419. The Morgan fingerprint density at radius 3 is 2.42 bits per heavy atom. The molecule has 0 heterocycles. The summed E-state index contributed by atoms with van der Waals surface area (Å²) < 4.78 is 9.77. The second kappa shape index (κ2) is 4.82. The van der Waals surface area contributed by atoms with Gasteiger partial charge in [-0.1, -0.05) is 15.9 Å². The van der Waals surface area contributed by atoms with E-state index in [1.54, 1.807) is 0 Å². The van der Waals surface area contributed by atoms with Crippen LogP contribution in [0.3, 0.4) is 0 Å². The van der Waals surface area contributed by atoms with Crippen LogP contribution in [0.4, 0.5) is 0 Å². The van der Waals surface area contributed by atoms with Gasteiger partial charge >= 0.3 is 5.97 Å². The fourth-order valence-corrected chi connectivity index (χ4v) is 0.551. The quantitative estimate of drug-likeness (QED) is 0.553. The van der Waals surface area contributed by atoms with E-state index in [9.17, 15) is 4.79 Å². The highest BCUT2D eigenvalue weighted by Crippen LogP contribution is 2.20. The van der Waals surface area contributed by atoms with E-state index in [1.807, 2.05) is 20.8 Å². The van der Waals surface area contributed by atoms with Crippen LogP contribution in [0, 0.1) is 0 Å². The molecule has 0 aliphatic rings. The number of methoxy groups -OCH3 is 1. The van der Waals surface area contributed by atoms with Crippen LogP contribution in [0.5, 0.6) is 0 Å². The average Bonchev–Trinajstić information content (AvgIpc) is 2.00. The smallest absolute Gasteiger partial charge is 0.331 e. The Labute approximate surface area is 81.6 Å². The first-order chi connectivity index (χ1) is 5.40. The minimum atomic E-state index is -0.353. The Morgan fingerprint density at radius 2 is 2.08 bits per heavy atom. The monoisotopic (exact) mass is 238 g/mol. The molecule has 0 aromatic rings. The molecule has 0 N–H and O–H groups in total. The summed E-state index contributed by atoms with van der Waals surface area (Å²) in [5.74, 6) is -0.351. The van der Waals surface area contributed by atoms with Crippen molar-refractivity contribution in [2.75, 3.05) is 13.7 Å². The molecule has 1 unspecified atom stereocenters. The van der Waals surface area contributed by atoms with Gasteiger partial charge in [-0.15, -0.1) is 0 Å². The summed E-state index contributed by atoms with van der Waals surface area (Å²) in [6, 6.07) is 0. The van der Waals surface area contributed by atoms with Crippen molar-refractivity contribution >= 4 is 21.9 Å². The van der Waals surface area contributed by atoms with Gasteiger partial charge in [0, 0.05) is 4.83 Å². The first-order valence-corrected chi connectivity index (χ1v) is 4.66. The molecule has 72 valence electrons. The summed E-state index contributed by atoms with van der Waals surface area (Å²) >= 11 is 3.39. The number of carbonyl (C=O) groups excluding carboxylic acids is 1. The summed E-state index contributed by atoms with van der Waals surface area (Å²) in [4.78, 5) is 10.9. The molecule has 0 aliphatic heterocycles. The molecule has 4 heteroatoms. The van der Waals surface area contributed by atoms with Crippen molar-refractivity contribution in [2.45, 2.75) is 31.2 Å². The van der Waals surface area contributed by atoms with Gasteiger partial charge in [-0.05, 0) is 20.8 Å². The van der Waals surface area contributed by atoms with Crippen LogP contribution in [0.15, 0.2) is 0 Å². The van der Waals surface area contributed by atoms with Gasteiger partial charge in [0.05, 0.1) is 12.7 Å². The van der Waals surface area contributed by atoms with E-state index in [2.05, 4.69) is 20.7 Å². The van der Waals surface area contributed by atoms with Gasteiger partial charge in [0.2, 0.25) is 0 Å². The lowest BCUT2D eigenvalue weighted by molar-refractivity contribution is -0.151. The lowest BCUT2D eigenvalue weighted by atomic mass is 10.1. The number of esters is 1. The number of alkyl halides is 1. The van der Waals surface area contributed by atoms with Crippen molar-refractivity contribution in [3.8, 4) is 0 Å². The van der Waals surface area contributed by atoms with Crippen LogP contribution in [0.25, 0.3) is 0 Å². The number of halogens is 1. The molecule has 0 amide bonds. The third kappa shape index (κ3) is 4.07. The topological polar surface area (TPSA) is 35.5 Å². The Hall–Kier alpha value is -0.0900. The SMILES string of the molecule is COC(=O)COC(C)(C)C(C)Br. The lowest BCUT2D eigenvalue weighted by Gasteiger charge is -2.27. The third-order valence-corrected chi connectivity index (χ3v) is 2.85. The molecule has 0 aromatic carbocycles. The predicted octanol–water partition coefficient (Wildman–Crippen LogP) is 1.74. The second-order valence-corrected chi connectivity index (χ2v) is 4.46. The van der Waals surface area contributed by atoms with Crippen molar-refractivity contribution in [1.82, 2.24) is 0 Å². The van der Waals surface area contributed by atoms with Crippen molar-refractivity contribution in [2.24, 2.45) is 0 Å². The van der Waals surface area contributed by atoms with Crippen LogP contribution in [-0.4, -0.2) is 30.1 Å². The highest BCUT2D eigenvalue weighted by Gasteiger charge is 2.25. The molecule has 12 heavy (non-hydrogen) atoms. The molecular formula is C8H15BrO3. The van der Waals surface area contributed by atoms with Gasteiger partial charge in [-0.2, -0.15) is 0 Å². The molecule has 0 fully saturated rings. The van der Waals surface area contributed by atoms with E-state index >= 15 is 0 Å². The maximum absolute atomic E-state index is 10.7. The fraction of sp³-hybridized carbons (Fsp3) is 0.875. The second-order valence-electron chi connectivity index (χ2n) is 3.08. The third-order valence-electron chi connectivity index (χ3n) is 1.75. The van der Waals surface area contributed by atoms with Gasteiger partial charge in [0.15, 0.2) is 0 Å². The molecule has 0 saturated carbocycles. The normalized spacial score (nSPS) is 14.1. The van der Waals surface area contributed by atoms with E-state index in [0.29, 0.717) is 0 Å². The number of rotatable bonds is 4. The van der Waals surface area contributed by atoms with Crippen molar-refractivity contribution < 1.29 is 14.3 Å². The molecule has 0 rings (SSSR count). The molecule has 0 bridgehead atoms. The van der Waals surface area contributed by atoms with E-state index < -0.39 is 0 Å². The predicted molar refractivity (Wildman–Crippen MR) is 50.4 cm³/mol. The standard InChI is InChI=1S/C8H15BrO3/c1-6(9)8(2,3)12-5-7(10)11-4/h6H,5H2,1-4H3. The van der Waals surface area contributed by atoms with Crippen LogP contribution in [0.1, 0.15) is 20.8 Å². The number of hydrogen-bond donors (Lipinski definition) is 0. The van der Waals surface area contributed by atoms with Crippen molar-refractivity contribution in [1.29, 1.82) is 0 Å². The van der Waals surface area contributed by atoms with Crippen LogP contribution in [-0.2, 0) is 14.3 Å². The van der Waals surface area contributed by atoms with E-state index in [-0.39, 0.29) is 23.0 Å².